The molecule has 0 saturated heterocycles. The van der Waals surface area contributed by atoms with Crippen LogP contribution in [0.5, 0.6) is 0 Å². The van der Waals surface area contributed by atoms with Crippen LogP contribution in [0.15, 0.2) is 0 Å². The first-order chi connectivity index (χ1) is 38.1. The van der Waals surface area contributed by atoms with Crippen molar-refractivity contribution in [3.05, 3.63) is 0 Å². The highest BCUT2D eigenvalue weighted by Gasteiger charge is 2.34. The lowest BCUT2D eigenvalue weighted by Gasteiger charge is -2.34. The van der Waals surface area contributed by atoms with Crippen LogP contribution < -0.4 is 0 Å². The minimum atomic E-state index is -0.747. The van der Waals surface area contributed by atoms with Gasteiger partial charge in [-0.2, -0.15) is 0 Å². The maximum atomic E-state index is 6.89. The molecular formula is C70H142O7. The Kier molecular flexibility index (Phi) is 64.6. The Labute approximate surface area is 484 Å². The van der Waals surface area contributed by atoms with E-state index >= 15 is 0 Å². The fraction of sp³-hybridized carbons (Fsp3) is 1.00. The quantitative estimate of drug-likeness (QED) is 0.0444. The predicted octanol–water partition coefficient (Wildman–Crippen LogP) is 23.6. The van der Waals surface area contributed by atoms with E-state index in [1.807, 2.05) is 0 Å². The third kappa shape index (κ3) is 56.0. The molecular weight excluding hydrogens is 953 g/mol. The summed E-state index contributed by atoms with van der Waals surface area (Å²) in [4.78, 5) is 0. The second-order valence-electron chi connectivity index (χ2n) is 24.1. The van der Waals surface area contributed by atoms with Crippen molar-refractivity contribution in [2.24, 2.45) is 0 Å². The molecule has 0 aromatic carbocycles. The number of hydrogen-bond donors (Lipinski definition) is 0. The van der Waals surface area contributed by atoms with Crippen LogP contribution in [0.1, 0.15) is 388 Å². The Bertz CT molecular complexity index is 933. The van der Waals surface area contributed by atoms with Gasteiger partial charge in [0.15, 0.2) is 11.6 Å². The van der Waals surface area contributed by atoms with Crippen molar-refractivity contribution < 1.29 is 33.2 Å². The van der Waals surface area contributed by atoms with Crippen molar-refractivity contribution in [3.63, 3.8) is 0 Å². The van der Waals surface area contributed by atoms with E-state index in [0.717, 1.165) is 77.8 Å². The van der Waals surface area contributed by atoms with Gasteiger partial charge in [0.05, 0.1) is 26.4 Å². The minimum Gasteiger partial charge on any atom is -0.350 e. The Morgan fingerprint density at radius 1 is 0.182 bits per heavy atom. The van der Waals surface area contributed by atoms with E-state index in [4.69, 9.17) is 33.2 Å². The molecule has 0 aliphatic heterocycles. The minimum absolute atomic E-state index is 0.145. The number of rotatable bonds is 70. The fourth-order valence-corrected chi connectivity index (χ4v) is 11.0. The molecule has 7 heteroatoms. The molecule has 0 atom stereocenters. The van der Waals surface area contributed by atoms with Crippen molar-refractivity contribution in [1.29, 1.82) is 0 Å². The molecule has 0 bridgehead atoms. The highest BCUT2D eigenvalue weighted by atomic mass is 16.8. The SMILES string of the molecule is CCCCCCCCCCCCC(COCOCOCC(CCCCCCCCCCCC)(OCCCCCCCCCC)OCCCCCCCCCC)(OCCCCCCCCCC)OCCCCCCCCCC. The standard InChI is InChI=1S/C70H142O7/c1-7-13-19-25-31-37-39-41-47-53-59-69(74-61-55-49-43-33-27-21-15-9-3,75-62-56-50-44-34-28-22-16-10-4)65-71-67-73-68-72-66-70(76-63-57-51-45-35-29-23-17-11-5,77-64-58-52-46-36-30-24-18-12-6)60-54-48-42-40-38-32-26-20-14-8-2/h7-68H2,1-6H3. The van der Waals surface area contributed by atoms with Crippen LogP contribution in [0.25, 0.3) is 0 Å². The normalized spacial score (nSPS) is 12.2. The Morgan fingerprint density at radius 3 is 0.545 bits per heavy atom. The van der Waals surface area contributed by atoms with Gasteiger partial charge >= 0.3 is 0 Å². The summed E-state index contributed by atoms with van der Waals surface area (Å²) in [5, 5.41) is 0. The Hall–Kier alpha value is -0.280. The number of hydrogen-bond acceptors (Lipinski definition) is 7. The van der Waals surface area contributed by atoms with Crippen molar-refractivity contribution in [3.8, 4) is 0 Å². The number of unbranched alkanes of at least 4 members (excludes halogenated alkanes) is 46. The van der Waals surface area contributed by atoms with Crippen molar-refractivity contribution in [2.45, 2.75) is 400 Å². The van der Waals surface area contributed by atoms with E-state index in [1.165, 1.54) is 295 Å². The average Bonchev–Trinajstić information content (AvgIpc) is 3.44. The Balaban J connectivity index is 5.86. The van der Waals surface area contributed by atoms with Gasteiger partial charge in [-0.25, -0.2) is 0 Å². The second-order valence-corrected chi connectivity index (χ2v) is 24.1. The van der Waals surface area contributed by atoms with Gasteiger partial charge in [-0.15, -0.1) is 0 Å². The molecule has 0 rings (SSSR count). The largest absolute Gasteiger partial charge is 0.350 e. The van der Waals surface area contributed by atoms with E-state index in [9.17, 15) is 0 Å². The van der Waals surface area contributed by atoms with Crippen LogP contribution in [-0.4, -0.2) is 64.8 Å². The van der Waals surface area contributed by atoms with Crippen molar-refractivity contribution in [2.75, 3.05) is 53.2 Å². The topological polar surface area (TPSA) is 64.6 Å². The lowest BCUT2D eigenvalue weighted by atomic mass is 10.0. The van der Waals surface area contributed by atoms with Crippen molar-refractivity contribution >= 4 is 0 Å². The highest BCUT2D eigenvalue weighted by molar-refractivity contribution is 4.73. The van der Waals surface area contributed by atoms with Gasteiger partial charge < -0.3 is 33.2 Å². The fourth-order valence-electron chi connectivity index (χ4n) is 11.0. The van der Waals surface area contributed by atoms with E-state index in [-0.39, 0.29) is 13.6 Å². The maximum absolute atomic E-state index is 6.89. The average molecular weight is 1100 g/mol. The molecule has 7 nitrogen and oxygen atoms in total. The van der Waals surface area contributed by atoms with Gasteiger partial charge in [0.2, 0.25) is 0 Å². The lowest BCUT2D eigenvalue weighted by molar-refractivity contribution is -0.289. The molecule has 0 N–H and O–H groups in total. The smallest absolute Gasteiger partial charge is 0.191 e. The van der Waals surface area contributed by atoms with Crippen LogP contribution in [0.2, 0.25) is 0 Å². The zero-order chi connectivity index (χ0) is 55.8. The van der Waals surface area contributed by atoms with E-state index in [2.05, 4.69) is 41.5 Å². The first kappa shape index (κ1) is 76.7. The summed E-state index contributed by atoms with van der Waals surface area (Å²) in [6, 6.07) is 0. The van der Waals surface area contributed by atoms with Crippen LogP contribution in [-0.2, 0) is 33.2 Å². The summed E-state index contributed by atoms with van der Waals surface area (Å²) >= 11 is 0. The van der Waals surface area contributed by atoms with Gasteiger partial charge in [0, 0.05) is 12.8 Å². The molecule has 0 saturated carbocycles. The third-order valence-electron chi connectivity index (χ3n) is 16.3. The summed E-state index contributed by atoms with van der Waals surface area (Å²) in [6.45, 7) is 17.7. The monoisotopic (exact) mass is 1100 g/mol. The predicted molar refractivity (Wildman–Crippen MR) is 335 cm³/mol. The molecule has 0 aliphatic rings. The number of ether oxygens (including phenoxy) is 7. The van der Waals surface area contributed by atoms with E-state index in [1.54, 1.807) is 0 Å². The van der Waals surface area contributed by atoms with E-state index in [0.29, 0.717) is 13.2 Å². The third-order valence-corrected chi connectivity index (χ3v) is 16.3. The molecule has 0 spiro atoms. The molecule has 0 aromatic heterocycles. The summed E-state index contributed by atoms with van der Waals surface area (Å²) in [7, 11) is 0. The van der Waals surface area contributed by atoms with Crippen LogP contribution in [0, 0.1) is 0 Å². The van der Waals surface area contributed by atoms with Crippen LogP contribution in [0.3, 0.4) is 0 Å². The molecule has 0 fully saturated rings. The Morgan fingerprint density at radius 2 is 0.351 bits per heavy atom. The summed E-state index contributed by atoms with van der Waals surface area (Å²) < 4.78 is 46.6. The zero-order valence-electron chi connectivity index (χ0n) is 53.7. The zero-order valence-corrected chi connectivity index (χ0v) is 53.7. The summed E-state index contributed by atoms with van der Waals surface area (Å²) in [6.07, 6.45) is 69.2. The van der Waals surface area contributed by atoms with Gasteiger partial charge in [0.25, 0.3) is 0 Å². The lowest BCUT2D eigenvalue weighted by Crippen LogP contribution is -2.42. The van der Waals surface area contributed by atoms with E-state index < -0.39 is 11.6 Å². The molecule has 0 unspecified atom stereocenters. The second kappa shape index (κ2) is 64.9. The van der Waals surface area contributed by atoms with Gasteiger partial charge in [-0.05, 0) is 38.5 Å². The van der Waals surface area contributed by atoms with Gasteiger partial charge in [-0.3, -0.25) is 0 Å². The van der Waals surface area contributed by atoms with Crippen molar-refractivity contribution in [1.82, 2.24) is 0 Å². The first-order valence-electron chi connectivity index (χ1n) is 35.4. The van der Waals surface area contributed by atoms with Gasteiger partial charge in [-0.1, -0.05) is 337 Å². The molecule has 77 heavy (non-hydrogen) atoms. The molecule has 0 radical (unpaired) electrons. The van der Waals surface area contributed by atoms with Gasteiger partial charge in [0.1, 0.15) is 26.8 Å². The molecule has 464 valence electrons. The van der Waals surface area contributed by atoms with Crippen LogP contribution in [0.4, 0.5) is 0 Å². The summed E-state index contributed by atoms with van der Waals surface area (Å²) in [5.41, 5.74) is 0. The molecule has 0 aromatic rings. The summed E-state index contributed by atoms with van der Waals surface area (Å²) in [5.74, 6) is -1.49. The molecule has 0 aliphatic carbocycles. The first-order valence-corrected chi connectivity index (χ1v) is 35.4. The van der Waals surface area contributed by atoms with Crippen LogP contribution >= 0.6 is 0 Å². The maximum Gasteiger partial charge on any atom is 0.191 e. The highest BCUT2D eigenvalue weighted by Crippen LogP contribution is 2.28. The molecule has 0 heterocycles. The molecule has 0 amide bonds.